The molecule has 3 rings (SSSR count). The Kier molecular flexibility index (Phi) is 5.19. The number of aryl methyl sites for hydroxylation is 1. The fraction of sp³-hybridized carbons (Fsp3) is 0.0500. The molecule has 136 valence electrons. The van der Waals surface area contributed by atoms with Crippen molar-refractivity contribution in [1.29, 1.82) is 0 Å². The number of nitrogens with one attached hydrogen (secondary N) is 1. The Bertz CT molecular complexity index is 1050. The number of carbonyl (C=O) groups excluding carboxylic acids is 1. The van der Waals surface area contributed by atoms with Gasteiger partial charge < -0.3 is 5.32 Å². The summed E-state index contributed by atoms with van der Waals surface area (Å²) in [6.07, 6.45) is 0. The van der Waals surface area contributed by atoms with E-state index in [1.807, 2.05) is 0 Å². The van der Waals surface area contributed by atoms with Gasteiger partial charge in [0, 0.05) is 34.6 Å². The zero-order valence-electron chi connectivity index (χ0n) is 14.2. The second-order valence-electron chi connectivity index (χ2n) is 5.92. The van der Waals surface area contributed by atoms with Crippen molar-refractivity contribution in [3.63, 3.8) is 0 Å². The van der Waals surface area contributed by atoms with Crippen LogP contribution in [0.5, 0.6) is 0 Å². The molecule has 0 heterocycles. The van der Waals surface area contributed by atoms with Gasteiger partial charge in [0.15, 0.2) is 5.78 Å². The summed E-state index contributed by atoms with van der Waals surface area (Å²) in [5.41, 5.74) is 2.02. The number of benzene rings is 3. The van der Waals surface area contributed by atoms with Crippen LogP contribution in [0, 0.1) is 22.9 Å². The monoisotopic (exact) mass is 384 g/mol. The molecule has 5 nitrogen and oxygen atoms in total. The maximum Gasteiger partial charge on any atom is 0.270 e. The van der Waals surface area contributed by atoms with Crippen molar-refractivity contribution in [2.45, 2.75) is 6.92 Å². The lowest BCUT2D eigenvalue weighted by Gasteiger charge is -2.10. The van der Waals surface area contributed by atoms with Crippen LogP contribution >= 0.6 is 11.6 Å². The minimum Gasteiger partial charge on any atom is -0.355 e. The lowest BCUT2D eigenvalue weighted by atomic mass is 9.98. The standard InChI is InChI=1S/C20H14ClFN2O3/c1-12-5-7-16(24(26)27)11-18(12)20(25)17-8-6-15(10-19(17)21)23-14-4-2-3-13(22)9-14/h2-11,23H,1H3. The number of hydrogen-bond acceptors (Lipinski definition) is 4. The molecule has 0 fully saturated rings. The summed E-state index contributed by atoms with van der Waals surface area (Å²) >= 11 is 6.26. The maximum atomic E-state index is 13.3. The number of nitro groups is 1. The van der Waals surface area contributed by atoms with E-state index in [-0.39, 0.29) is 27.7 Å². The molecular weight excluding hydrogens is 371 g/mol. The Hall–Kier alpha value is -3.25. The molecular formula is C20H14ClFN2O3. The Morgan fingerprint density at radius 2 is 1.78 bits per heavy atom. The molecule has 0 aliphatic rings. The first-order chi connectivity index (χ1) is 12.8. The van der Waals surface area contributed by atoms with Gasteiger partial charge in [-0.2, -0.15) is 0 Å². The van der Waals surface area contributed by atoms with Gasteiger partial charge in [-0.25, -0.2) is 4.39 Å². The van der Waals surface area contributed by atoms with Crippen molar-refractivity contribution in [2.75, 3.05) is 5.32 Å². The van der Waals surface area contributed by atoms with Gasteiger partial charge in [0.05, 0.1) is 9.95 Å². The van der Waals surface area contributed by atoms with Crippen LogP contribution in [-0.4, -0.2) is 10.7 Å². The fourth-order valence-electron chi connectivity index (χ4n) is 2.62. The lowest BCUT2D eigenvalue weighted by molar-refractivity contribution is -0.384. The summed E-state index contributed by atoms with van der Waals surface area (Å²) in [7, 11) is 0. The molecule has 0 saturated heterocycles. The van der Waals surface area contributed by atoms with Crippen LogP contribution in [0.15, 0.2) is 60.7 Å². The van der Waals surface area contributed by atoms with Crippen LogP contribution in [0.2, 0.25) is 5.02 Å². The first kappa shape index (κ1) is 18.5. The lowest BCUT2D eigenvalue weighted by Crippen LogP contribution is -2.06. The highest BCUT2D eigenvalue weighted by Gasteiger charge is 2.18. The first-order valence-electron chi connectivity index (χ1n) is 7.97. The van der Waals surface area contributed by atoms with E-state index in [1.165, 1.54) is 36.4 Å². The summed E-state index contributed by atoms with van der Waals surface area (Å²) in [6, 6.07) is 14.8. The van der Waals surface area contributed by atoms with Crippen molar-refractivity contribution in [2.24, 2.45) is 0 Å². The molecule has 0 spiro atoms. The third-order valence-corrected chi connectivity index (χ3v) is 4.32. The van der Waals surface area contributed by atoms with Crippen molar-refractivity contribution in [3.05, 3.63) is 98.3 Å². The SMILES string of the molecule is Cc1ccc([N+](=O)[O-])cc1C(=O)c1ccc(Nc2cccc(F)c2)cc1Cl. The minimum atomic E-state index is -0.552. The summed E-state index contributed by atoms with van der Waals surface area (Å²) < 4.78 is 13.3. The molecule has 0 unspecified atom stereocenters. The van der Waals surface area contributed by atoms with Crippen molar-refractivity contribution in [1.82, 2.24) is 0 Å². The number of anilines is 2. The summed E-state index contributed by atoms with van der Waals surface area (Å²) in [4.78, 5) is 23.2. The molecule has 0 saturated carbocycles. The largest absolute Gasteiger partial charge is 0.355 e. The van der Waals surface area contributed by atoms with E-state index in [4.69, 9.17) is 11.6 Å². The van der Waals surface area contributed by atoms with Gasteiger partial charge in [-0.05, 0) is 48.9 Å². The van der Waals surface area contributed by atoms with Crippen LogP contribution in [0.4, 0.5) is 21.5 Å². The van der Waals surface area contributed by atoms with E-state index in [1.54, 1.807) is 31.2 Å². The Balaban J connectivity index is 1.91. The second-order valence-corrected chi connectivity index (χ2v) is 6.32. The van der Waals surface area contributed by atoms with Gasteiger partial charge in [0.1, 0.15) is 5.82 Å². The molecule has 0 aliphatic carbocycles. The number of hydrogen-bond donors (Lipinski definition) is 1. The number of non-ortho nitro benzene ring substituents is 1. The van der Waals surface area contributed by atoms with E-state index in [0.29, 0.717) is 16.9 Å². The highest BCUT2D eigenvalue weighted by atomic mass is 35.5. The van der Waals surface area contributed by atoms with Crippen LogP contribution in [0.25, 0.3) is 0 Å². The van der Waals surface area contributed by atoms with E-state index < -0.39 is 10.7 Å². The number of nitrogens with zero attached hydrogens (tertiary/aromatic N) is 1. The van der Waals surface area contributed by atoms with Gasteiger partial charge in [-0.3, -0.25) is 14.9 Å². The maximum absolute atomic E-state index is 13.3. The summed E-state index contributed by atoms with van der Waals surface area (Å²) in [6.45, 7) is 1.70. The molecule has 3 aromatic carbocycles. The van der Waals surface area contributed by atoms with E-state index in [9.17, 15) is 19.3 Å². The predicted octanol–water partition coefficient (Wildman–Crippen LogP) is 5.67. The van der Waals surface area contributed by atoms with Crippen LogP contribution in [0.3, 0.4) is 0 Å². The first-order valence-corrected chi connectivity index (χ1v) is 8.35. The van der Waals surface area contributed by atoms with Crippen molar-refractivity contribution >= 4 is 34.4 Å². The zero-order chi connectivity index (χ0) is 19.6. The van der Waals surface area contributed by atoms with Crippen LogP contribution < -0.4 is 5.32 Å². The molecule has 0 radical (unpaired) electrons. The van der Waals surface area contributed by atoms with Gasteiger partial charge in [0.2, 0.25) is 0 Å². The predicted molar refractivity (Wildman–Crippen MR) is 102 cm³/mol. The quantitative estimate of drug-likeness (QED) is 0.349. The average molecular weight is 385 g/mol. The number of nitro benzene ring substituents is 1. The number of halogens is 2. The molecule has 0 amide bonds. The van der Waals surface area contributed by atoms with E-state index in [0.717, 1.165) is 0 Å². The third kappa shape index (κ3) is 4.12. The minimum absolute atomic E-state index is 0.163. The smallest absolute Gasteiger partial charge is 0.270 e. The van der Waals surface area contributed by atoms with E-state index >= 15 is 0 Å². The third-order valence-electron chi connectivity index (χ3n) is 4.00. The normalized spacial score (nSPS) is 10.5. The van der Waals surface area contributed by atoms with Crippen LogP contribution in [0.1, 0.15) is 21.5 Å². The molecule has 0 bridgehead atoms. The number of rotatable bonds is 5. The molecule has 27 heavy (non-hydrogen) atoms. The molecule has 0 aliphatic heterocycles. The Labute approximate surface area is 159 Å². The average Bonchev–Trinajstić information content (AvgIpc) is 2.61. The number of ketones is 1. The topological polar surface area (TPSA) is 72.2 Å². The van der Waals surface area contributed by atoms with Gasteiger partial charge in [0.25, 0.3) is 5.69 Å². The van der Waals surface area contributed by atoms with Gasteiger partial charge in [-0.1, -0.05) is 23.7 Å². The Morgan fingerprint density at radius 1 is 1.04 bits per heavy atom. The van der Waals surface area contributed by atoms with Crippen LogP contribution in [-0.2, 0) is 0 Å². The summed E-state index contributed by atoms with van der Waals surface area (Å²) in [5, 5.41) is 14.2. The molecule has 3 aromatic rings. The van der Waals surface area contributed by atoms with Crippen molar-refractivity contribution < 1.29 is 14.1 Å². The second kappa shape index (κ2) is 7.55. The fourth-order valence-corrected chi connectivity index (χ4v) is 2.89. The highest BCUT2D eigenvalue weighted by Crippen LogP contribution is 2.28. The molecule has 7 heteroatoms. The van der Waals surface area contributed by atoms with Crippen molar-refractivity contribution in [3.8, 4) is 0 Å². The Morgan fingerprint density at radius 3 is 2.44 bits per heavy atom. The molecule has 0 atom stereocenters. The summed E-state index contributed by atoms with van der Waals surface area (Å²) in [5.74, 6) is -0.780. The molecule has 0 aromatic heterocycles. The highest BCUT2D eigenvalue weighted by molar-refractivity contribution is 6.35. The molecule has 1 N–H and O–H groups in total. The zero-order valence-corrected chi connectivity index (χ0v) is 15.0. The van der Waals surface area contributed by atoms with Gasteiger partial charge >= 0.3 is 0 Å². The van der Waals surface area contributed by atoms with E-state index in [2.05, 4.69) is 5.32 Å². The van der Waals surface area contributed by atoms with Gasteiger partial charge in [-0.15, -0.1) is 0 Å². The number of carbonyl (C=O) groups is 1.